The first-order chi connectivity index (χ1) is 11.1. The van der Waals surface area contributed by atoms with Gasteiger partial charge in [-0.1, -0.05) is 0 Å². The van der Waals surface area contributed by atoms with Gasteiger partial charge in [0.05, 0.1) is 37.2 Å². The molecule has 0 unspecified atom stereocenters. The zero-order valence-corrected chi connectivity index (χ0v) is 14.1. The van der Waals surface area contributed by atoms with E-state index in [4.69, 9.17) is 24.4 Å². The molecule has 0 bridgehead atoms. The summed E-state index contributed by atoms with van der Waals surface area (Å²) < 4.78 is 15.3. The van der Waals surface area contributed by atoms with Gasteiger partial charge in [-0.05, 0) is 13.8 Å². The summed E-state index contributed by atoms with van der Waals surface area (Å²) in [5, 5.41) is 17.0. The van der Waals surface area contributed by atoms with Gasteiger partial charge in [0.1, 0.15) is 13.2 Å². The van der Waals surface area contributed by atoms with Crippen LogP contribution in [0, 0.1) is 5.92 Å². The monoisotopic (exact) mass is 348 g/mol. The number of hydrogen-bond donors (Lipinski definition) is 2. The summed E-state index contributed by atoms with van der Waals surface area (Å²) in [7, 11) is 1.45. The van der Waals surface area contributed by atoms with Crippen molar-refractivity contribution >= 4 is 23.9 Å². The normalized spacial score (nSPS) is 11.2. The molecule has 0 atom stereocenters. The number of carboxylic acid groups (broad SMARTS) is 2. The standard InChI is InChI=1S/C15H24O9/c1-15(2,22-3)10(8-23-13(20)6-4-11(16)17)9-24-14(21)7-5-12(18)19/h10H,4-9H2,1-3H3,(H,16,17)(H,18,19). The lowest BCUT2D eigenvalue weighted by Gasteiger charge is -2.32. The third-order valence-electron chi connectivity index (χ3n) is 3.49. The Balaban J connectivity index is 4.49. The minimum absolute atomic E-state index is 0.120. The molecule has 0 aromatic heterocycles. The topological polar surface area (TPSA) is 136 Å². The molecule has 9 heteroatoms. The van der Waals surface area contributed by atoms with Crippen LogP contribution >= 0.6 is 0 Å². The van der Waals surface area contributed by atoms with E-state index in [9.17, 15) is 19.2 Å². The Morgan fingerprint density at radius 1 is 0.833 bits per heavy atom. The Morgan fingerprint density at radius 2 is 1.21 bits per heavy atom. The van der Waals surface area contributed by atoms with Gasteiger partial charge >= 0.3 is 23.9 Å². The highest BCUT2D eigenvalue weighted by atomic mass is 16.6. The predicted octanol–water partition coefficient (Wildman–Crippen LogP) is 0.844. The summed E-state index contributed by atoms with van der Waals surface area (Å²) >= 11 is 0. The van der Waals surface area contributed by atoms with E-state index in [0.29, 0.717) is 0 Å². The molecule has 0 saturated carbocycles. The van der Waals surface area contributed by atoms with E-state index >= 15 is 0 Å². The van der Waals surface area contributed by atoms with Gasteiger partial charge in [0, 0.05) is 7.11 Å². The molecule has 0 aliphatic heterocycles. The van der Waals surface area contributed by atoms with Crippen LogP contribution in [0.4, 0.5) is 0 Å². The quantitative estimate of drug-likeness (QED) is 0.491. The molecule has 0 heterocycles. The molecule has 0 aliphatic rings. The lowest BCUT2D eigenvalue weighted by molar-refractivity contribution is -0.159. The Morgan fingerprint density at radius 3 is 1.50 bits per heavy atom. The third kappa shape index (κ3) is 9.78. The summed E-state index contributed by atoms with van der Waals surface area (Å²) in [6.07, 6.45) is -1.18. The van der Waals surface area contributed by atoms with Gasteiger partial charge in [0.25, 0.3) is 0 Å². The predicted molar refractivity (Wildman–Crippen MR) is 80.2 cm³/mol. The average Bonchev–Trinajstić information content (AvgIpc) is 2.50. The molecule has 0 aliphatic carbocycles. The SMILES string of the molecule is COC(C)(C)C(COC(=O)CCC(=O)O)COC(=O)CCC(=O)O. The van der Waals surface area contributed by atoms with E-state index in [1.807, 2.05) is 0 Å². The fourth-order valence-corrected chi connectivity index (χ4v) is 1.57. The molecule has 0 aromatic rings. The first kappa shape index (κ1) is 21.8. The van der Waals surface area contributed by atoms with Crippen molar-refractivity contribution in [2.24, 2.45) is 5.92 Å². The number of carbonyl (C=O) groups excluding carboxylic acids is 2. The first-order valence-corrected chi connectivity index (χ1v) is 7.38. The lowest BCUT2D eigenvalue weighted by Crippen LogP contribution is -2.40. The Hall–Kier alpha value is -2.16. The van der Waals surface area contributed by atoms with Crippen LogP contribution in [0.3, 0.4) is 0 Å². The van der Waals surface area contributed by atoms with Crippen molar-refractivity contribution in [2.45, 2.75) is 45.1 Å². The van der Waals surface area contributed by atoms with Crippen LogP contribution in [0.5, 0.6) is 0 Å². The van der Waals surface area contributed by atoms with Gasteiger partial charge in [0.15, 0.2) is 0 Å². The molecule has 24 heavy (non-hydrogen) atoms. The van der Waals surface area contributed by atoms with Crippen molar-refractivity contribution in [2.75, 3.05) is 20.3 Å². The van der Waals surface area contributed by atoms with Crippen LogP contribution in [0.1, 0.15) is 39.5 Å². The Labute approximate surface area is 139 Å². The molecule has 138 valence electrons. The third-order valence-corrected chi connectivity index (χ3v) is 3.49. The second-order valence-electron chi connectivity index (χ2n) is 5.66. The number of carboxylic acids is 2. The summed E-state index contributed by atoms with van der Waals surface area (Å²) in [6.45, 7) is 3.19. The largest absolute Gasteiger partial charge is 0.481 e. The van der Waals surface area contributed by atoms with Crippen molar-refractivity contribution in [3.63, 3.8) is 0 Å². The average molecular weight is 348 g/mol. The van der Waals surface area contributed by atoms with Gasteiger partial charge in [-0.3, -0.25) is 19.2 Å². The van der Waals surface area contributed by atoms with Crippen molar-refractivity contribution < 1.29 is 43.6 Å². The number of ether oxygens (including phenoxy) is 3. The van der Waals surface area contributed by atoms with Crippen LogP contribution in [0.25, 0.3) is 0 Å². The Bertz CT molecular complexity index is 422. The summed E-state index contributed by atoms with van der Waals surface area (Å²) in [4.78, 5) is 43.8. The minimum atomic E-state index is -1.10. The zero-order chi connectivity index (χ0) is 18.8. The smallest absolute Gasteiger partial charge is 0.306 e. The molecular formula is C15H24O9. The molecule has 0 aromatic carbocycles. The molecule has 2 N–H and O–H groups in total. The maximum atomic E-state index is 11.5. The number of methoxy groups -OCH3 is 1. The van der Waals surface area contributed by atoms with Crippen LogP contribution in [0.2, 0.25) is 0 Å². The molecule has 0 radical (unpaired) electrons. The highest BCUT2D eigenvalue weighted by molar-refractivity contribution is 5.77. The second kappa shape index (κ2) is 10.6. The maximum absolute atomic E-state index is 11.5. The number of esters is 2. The van der Waals surface area contributed by atoms with E-state index in [1.54, 1.807) is 13.8 Å². The first-order valence-electron chi connectivity index (χ1n) is 7.38. The molecule has 0 amide bonds. The van der Waals surface area contributed by atoms with Crippen molar-refractivity contribution in [3.8, 4) is 0 Å². The number of carbonyl (C=O) groups is 4. The molecule has 9 nitrogen and oxygen atoms in total. The van der Waals surface area contributed by atoms with E-state index < -0.39 is 35.4 Å². The highest BCUT2D eigenvalue weighted by Gasteiger charge is 2.32. The van der Waals surface area contributed by atoms with E-state index in [1.165, 1.54) is 7.11 Å². The fraction of sp³-hybridized carbons (Fsp3) is 0.733. The highest BCUT2D eigenvalue weighted by Crippen LogP contribution is 2.22. The lowest BCUT2D eigenvalue weighted by atomic mass is 9.92. The van der Waals surface area contributed by atoms with Crippen molar-refractivity contribution in [1.29, 1.82) is 0 Å². The van der Waals surface area contributed by atoms with Gasteiger partial charge < -0.3 is 24.4 Å². The van der Waals surface area contributed by atoms with Crippen LogP contribution < -0.4 is 0 Å². The second-order valence-corrected chi connectivity index (χ2v) is 5.66. The number of aliphatic carboxylic acids is 2. The van der Waals surface area contributed by atoms with Crippen LogP contribution in [0.15, 0.2) is 0 Å². The van der Waals surface area contributed by atoms with Gasteiger partial charge in [-0.2, -0.15) is 0 Å². The zero-order valence-electron chi connectivity index (χ0n) is 14.1. The summed E-state index contributed by atoms with van der Waals surface area (Å²) in [5.41, 5.74) is -0.778. The Kier molecular flexibility index (Phi) is 9.63. The van der Waals surface area contributed by atoms with Crippen LogP contribution in [-0.4, -0.2) is 60.0 Å². The summed E-state index contributed by atoms with van der Waals surface area (Å²) in [6, 6.07) is 0. The molecular weight excluding hydrogens is 324 g/mol. The molecule has 0 fully saturated rings. The van der Waals surface area contributed by atoms with Gasteiger partial charge in [0.2, 0.25) is 0 Å². The van der Waals surface area contributed by atoms with Crippen molar-refractivity contribution in [3.05, 3.63) is 0 Å². The van der Waals surface area contributed by atoms with E-state index in [2.05, 4.69) is 0 Å². The molecule has 0 spiro atoms. The molecule has 0 rings (SSSR count). The number of hydrogen-bond acceptors (Lipinski definition) is 7. The minimum Gasteiger partial charge on any atom is -0.481 e. The maximum Gasteiger partial charge on any atom is 0.306 e. The van der Waals surface area contributed by atoms with Crippen molar-refractivity contribution in [1.82, 2.24) is 0 Å². The number of rotatable bonds is 12. The molecule has 0 saturated heterocycles. The van der Waals surface area contributed by atoms with Crippen LogP contribution in [-0.2, 0) is 33.4 Å². The fourth-order valence-electron chi connectivity index (χ4n) is 1.57. The van der Waals surface area contributed by atoms with E-state index in [-0.39, 0.29) is 38.9 Å². The summed E-state index contributed by atoms with van der Waals surface area (Å²) in [5.74, 6) is -4.05. The van der Waals surface area contributed by atoms with Gasteiger partial charge in [-0.25, -0.2) is 0 Å². The van der Waals surface area contributed by atoms with E-state index in [0.717, 1.165) is 0 Å². The van der Waals surface area contributed by atoms with Gasteiger partial charge in [-0.15, -0.1) is 0 Å².